The molecule has 1 aromatic carbocycles. The summed E-state index contributed by atoms with van der Waals surface area (Å²) in [6.07, 6.45) is 7.63. The van der Waals surface area contributed by atoms with Gasteiger partial charge in [0.1, 0.15) is 18.6 Å². The van der Waals surface area contributed by atoms with Crippen molar-refractivity contribution in [1.29, 1.82) is 0 Å². The van der Waals surface area contributed by atoms with Crippen LogP contribution in [0.1, 0.15) is 103 Å². The van der Waals surface area contributed by atoms with Crippen molar-refractivity contribution in [2.45, 2.75) is 124 Å². The van der Waals surface area contributed by atoms with Gasteiger partial charge in [0.05, 0.1) is 40.7 Å². The fraction of sp³-hybridized carbons (Fsp3) is 0.527. The number of nitrogens with zero attached hydrogens (tertiary/aromatic N) is 7. The molecule has 7 rings (SSSR count). The summed E-state index contributed by atoms with van der Waals surface area (Å²) in [5.74, 6) is -2.48. The Morgan fingerprint density at radius 2 is 1.86 bits per heavy atom. The fourth-order valence-electron chi connectivity index (χ4n) is 10.6. The van der Waals surface area contributed by atoms with Gasteiger partial charge in [0.15, 0.2) is 6.21 Å². The van der Waals surface area contributed by atoms with Gasteiger partial charge in [-0.3, -0.25) is 29.8 Å². The van der Waals surface area contributed by atoms with Gasteiger partial charge in [-0.25, -0.2) is 14.6 Å². The van der Waals surface area contributed by atoms with Crippen molar-refractivity contribution >= 4 is 58.2 Å². The second kappa shape index (κ2) is 21.9. The maximum absolute atomic E-state index is 15.4. The molecule has 6 bridgehead atoms. The number of amides is 5. The second-order valence-corrected chi connectivity index (χ2v) is 21.9. The Balaban J connectivity index is 1.28. The van der Waals surface area contributed by atoms with Crippen molar-refractivity contribution in [3.63, 3.8) is 0 Å². The first-order valence-electron chi connectivity index (χ1n) is 25.3. The van der Waals surface area contributed by atoms with Gasteiger partial charge < -0.3 is 29.2 Å². The highest BCUT2D eigenvalue weighted by Crippen LogP contribution is 2.42. The van der Waals surface area contributed by atoms with Crippen LogP contribution in [0.4, 0.5) is 4.79 Å². The first-order chi connectivity index (χ1) is 34.2. The zero-order chi connectivity index (χ0) is 52.4. The zero-order valence-electron chi connectivity index (χ0n) is 44.0. The molecule has 72 heavy (non-hydrogen) atoms. The van der Waals surface area contributed by atoms with E-state index in [2.05, 4.69) is 73.5 Å². The van der Waals surface area contributed by atoms with E-state index in [1.165, 1.54) is 31.9 Å². The van der Waals surface area contributed by atoms with Crippen molar-refractivity contribution in [2.24, 2.45) is 23.2 Å². The van der Waals surface area contributed by atoms with Crippen LogP contribution in [0, 0.1) is 23.2 Å². The van der Waals surface area contributed by atoms with Gasteiger partial charge in [-0.15, -0.1) is 11.3 Å². The highest BCUT2D eigenvalue weighted by Gasteiger charge is 2.47. The lowest BCUT2D eigenvalue weighted by molar-refractivity contribution is -0.411. The number of methoxy groups -OCH3 is 1. The Bertz CT molecular complexity index is 2770. The maximum atomic E-state index is 15.4. The number of rotatable bonds is 12. The van der Waals surface area contributed by atoms with E-state index >= 15 is 4.79 Å². The van der Waals surface area contributed by atoms with E-state index in [0.717, 1.165) is 44.7 Å². The smallest absolute Gasteiger partial charge is 0.411 e. The first-order valence-corrected chi connectivity index (χ1v) is 26.1. The first kappa shape index (κ1) is 53.6. The van der Waals surface area contributed by atoms with E-state index in [0.29, 0.717) is 49.4 Å². The summed E-state index contributed by atoms with van der Waals surface area (Å²) in [6, 6.07) is 9.05. The average Bonchev–Trinajstić information content (AvgIpc) is 3.87. The molecule has 5 heterocycles. The van der Waals surface area contributed by atoms with Crippen molar-refractivity contribution in [3.8, 4) is 22.5 Å². The number of urea groups is 1. The summed E-state index contributed by atoms with van der Waals surface area (Å²) in [5.41, 5.74) is 8.01. The molecule has 1 saturated carbocycles. The number of hydrazine groups is 1. The number of carbonyl (C=O) groups is 5. The number of hydrogen-bond acceptors (Lipinski definition) is 11. The normalized spacial score (nSPS) is 22.4. The molecule has 2 N–H and O–H groups in total. The van der Waals surface area contributed by atoms with Crippen LogP contribution in [0.5, 0.6) is 0 Å². The summed E-state index contributed by atoms with van der Waals surface area (Å²) >= 11 is 1.42. The minimum Gasteiger partial charge on any atom is -0.465 e. The highest BCUT2D eigenvalue weighted by atomic mass is 32.1. The van der Waals surface area contributed by atoms with Crippen LogP contribution in [-0.2, 0) is 48.0 Å². The third-order valence-electron chi connectivity index (χ3n) is 14.9. The lowest BCUT2D eigenvalue weighted by atomic mass is 9.80. The third kappa shape index (κ3) is 10.8. The molecule has 17 heteroatoms. The summed E-state index contributed by atoms with van der Waals surface area (Å²) in [6.45, 7) is 22.8. The van der Waals surface area contributed by atoms with Crippen molar-refractivity contribution in [1.82, 2.24) is 40.1 Å². The molecule has 3 aliphatic rings. The maximum Gasteiger partial charge on any atom is 0.411 e. The van der Waals surface area contributed by atoms with Crippen LogP contribution in [0.15, 0.2) is 66.8 Å². The number of carbonyl (C=O) groups excluding carboxylic acids is 5. The predicted octanol–water partition coefficient (Wildman–Crippen LogP) is 7.96. The van der Waals surface area contributed by atoms with Gasteiger partial charge in [-0.2, -0.15) is 4.58 Å². The summed E-state index contributed by atoms with van der Waals surface area (Å²) in [7, 11) is 6.73. The molecule has 0 radical (unpaired) electrons. The van der Waals surface area contributed by atoms with Crippen molar-refractivity contribution in [3.05, 3.63) is 83.1 Å². The Labute approximate surface area is 428 Å². The molecule has 5 amide bonds. The Hall–Kier alpha value is -6.20. The van der Waals surface area contributed by atoms with Gasteiger partial charge >= 0.3 is 17.9 Å². The minimum atomic E-state index is -1.53. The SMILES string of the molecule is C=CC(=O)[N+](C)=CC1CC(N(C)C(=O)N(C)[C@H](C(=O)NC2(CC)Cc3nc(cs3)-c3ccc4c(c3)c(c(-c3cccnc3[C@H](C)OC)n4CC)CC(C)(C)COC(=O)[C@@H]3CCCN(NC3=C)C2=O)C(C)C)C1. The molecule has 386 valence electrons. The Morgan fingerprint density at radius 3 is 2.53 bits per heavy atom. The van der Waals surface area contributed by atoms with Crippen LogP contribution >= 0.6 is 11.3 Å². The van der Waals surface area contributed by atoms with E-state index in [4.69, 9.17) is 19.4 Å². The van der Waals surface area contributed by atoms with Crippen LogP contribution in [0.3, 0.4) is 0 Å². The van der Waals surface area contributed by atoms with Gasteiger partial charge in [-0.1, -0.05) is 53.8 Å². The largest absolute Gasteiger partial charge is 0.465 e. The van der Waals surface area contributed by atoms with Gasteiger partial charge in [0.25, 0.3) is 5.91 Å². The molecule has 3 aromatic heterocycles. The number of likely N-dealkylation sites (N-methyl/N-ethyl adjacent to an activating group) is 2. The number of benzene rings is 1. The number of aromatic nitrogens is 3. The number of fused-ring (bicyclic) bond motifs is 7. The van der Waals surface area contributed by atoms with Gasteiger partial charge in [-0.05, 0) is 88.1 Å². The number of esters is 1. The van der Waals surface area contributed by atoms with E-state index < -0.39 is 40.7 Å². The number of hydrogen-bond donors (Lipinski definition) is 2. The van der Waals surface area contributed by atoms with E-state index in [1.54, 1.807) is 39.3 Å². The summed E-state index contributed by atoms with van der Waals surface area (Å²) in [5, 5.41) is 8.35. The van der Waals surface area contributed by atoms with E-state index in [1.807, 2.05) is 45.4 Å². The highest BCUT2D eigenvalue weighted by molar-refractivity contribution is 7.10. The topological polar surface area (TPSA) is 171 Å². The number of cyclic esters (lactones) is 1. The molecular weight excluding hydrogens is 931 g/mol. The van der Waals surface area contributed by atoms with E-state index in [9.17, 15) is 19.2 Å². The summed E-state index contributed by atoms with van der Waals surface area (Å²) in [4.78, 5) is 83.9. The van der Waals surface area contributed by atoms with Crippen LogP contribution in [0.25, 0.3) is 33.4 Å². The van der Waals surface area contributed by atoms with Gasteiger partial charge in [0.2, 0.25) is 5.91 Å². The number of ether oxygens (including phenoxy) is 2. The summed E-state index contributed by atoms with van der Waals surface area (Å²) < 4.78 is 15.9. The Kier molecular flexibility index (Phi) is 16.3. The molecule has 1 unspecified atom stereocenters. The minimum absolute atomic E-state index is 0.0551. The molecule has 16 nitrogen and oxygen atoms in total. The van der Waals surface area contributed by atoms with Crippen LogP contribution in [-0.4, -0.2) is 129 Å². The number of nitrogens with one attached hydrogen (secondary N) is 2. The van der Waals surface area contributed by atoms with Crippen LogP contribution in [0.2, 0.25) is 0 Å². The lowest BCUT2D eigenvalue weighted by Gasteiger charge is -2.43. The molecule has 4 atom stereocenters. The molecule has 0 spiro atoms. The second-order valence-electron chi connectivity index (χ2n) is 21.0. The zero-order valence-corrected chi connectivity index (χ0v) is 44.9. The number of aryl methyl sites for hydroxylation is 1. The molecule has 1 aliphatic carbocycles. The lowest BCUT2D eigenvalue weighted by Crippen LogP contribution is -2.66. The fourth-order valence-corrected chi connectivity index (χ4v) is 11.6. The molecule has 4 aromatic rings. The Morgan fingerprint density at radius 1 is 1.12 bits per heavy atom. The molecular formula is C55H74N9O7S+. The average molecular weight is 1010 g/mol. The molecule has 2 aliphatic heterocycles. The van der Waals surface area contributed by atoms with E-state index in [-0.39, 0.29) is 61.9 Å². The molecule has 1 saturated heterocycles. The number of pyridine rings is 1. The van der Waals surface area contributed by atoms with Crippen molar-refractivity contribution in [2.75, 3.05) is 41.4 Å². The molecule has 2 fully saturated rings. The van der Waals surface area contributed by atoms with Gasteiger partial charge in [0, 0.05) is 103 Å². The predicted molar refractivity (Wildman–Crippen MR) is 281 cm³/mol. The third-order valence-corrected chi connectivity index (χ3v) is 15.8. The quantitative estimate of drug-likeness (QED) is 0.0615. The monoisotopic (exact) mass is 1000 g/mol. The van der Waals surface area contributed by atoms with Crippen molar-refractivity contribution < 1.29 is 38.0 Å². The number of thiazole rings is 1. The van der Waals surface area contributed by atoms with Crippen LogP contribution < -0.4 is 10.7 Å². The standard InChI is InChI=1S/C55H73N9O7S/c1-14-46(65)60(10)30-36-25-38(26-36)61(11)53(69)62(12)48(33(4)5)50(66)58-55(15-2)29-45-57-43(31-72-45)37-21-22-44-41(27-37)42(49(63(44)16-3)40-19-17-23-56-47(40)35(7)70-13)28-54(8,9)32-71-51(67)39-20-18-24-64(52(55)68)59-34(39)6/h14,17,19,21-23,27,30-31,33,35-36,38-39,48,59H,1,6,15-16,18,20,24-26,28-29,32H2,2-5,7-13H3/p+1/t35-,36?,38?,39+,48-,55?/m0/s1.